The molecule has 26 heavy (non-hydrogen) atoms. The number of hydrogen-bond acceptors (Lipinski definition) is 5. The van der Waals surface area contributed by atoms with Crippen LogP contribution in [0.4, 0.5) is 4.79 Å². The molecule has 7 heteroatoms. The highest BCUT2D eigenvalue weighted by Crippen LogP contribution is 2.29. The Balaban J connectivity index is 2.25. The predicted octanol–water partition coefficient (Wildman–Crippen LogP) is 2.79. The Kier molecular flexibility index (Phi) is 6.23. The van der Waals surface area contributed by atoms with Crippen LogP contribution in [-0.4, -0.2) is 59.1 Å². The van der Waals surface area contributed by atoms with Crippen LogP contribution in [0.3, 0.4) is 0 Å². The lowest BCUT2D eigenvalue weighted by Gasteiger charge is -2.29. The summed E-state index contributed by atoms with van der Waals surface area (Å²) in [4.78, 5) is 32.7. The molecule has 1 aromatic rings. The zero-order valence-corrected chi connectivity index (χ0v) is 15.9. The van der Waals surface area contributed by atoms with Crippen molar-refractivity contribution in [2.75, 3.05) is 26.7 Å². The van der Waals surface area contributed by atoms with Gasteiger partial charge in [0.15, 0.2) is 0 Å². The van der Waals surface area contributed by atoms with E-state index < -0.39 is 11.6 Å². The molecule has 1 saturated heterocycles. The Labute approximate surface area is 154 Å². The second kappa shape index (κ2) is 8.21. The third kappa shape index (κ3) is 4.97. The number of esters is 1. The van der Waals surface area contributed by atoms with Crippen LogP contribution in [0.2, 0.25) is 0 Å². The molecule has 2 heterocycles. The molecule has 0 spiro atoms. The Bertz CT molecular complexity index is 652. The molecule has 2 amide bonds. The average Bonchev–Trinajstić information content (AvgIpc) is 2.92. The average molecular weight is 361 g/mol. The molecule has 0 aromatic carbocycles. The fourth-order valence-corrected chi connectivity index (χ4v) is 2.87. The van der Waals surface area contributed by atoms with Crippen molar-refractivity contribution in [2.24, 2.45) is 0 Å². The monoisotopic (exact) mass is 361 g/mol. The van der Waals surface area contributed by atoms with Gasteiger partial charge in [-0.3, -0.25) is 4.79 Å². The highest BCUT2D eigenvalue weighted by molar-refractivity contribution is 5.79. The van der Waals surface area contributed by atoms with E-state index in [2.05, 4.69) is 11.6 Å². The number of pyridine rings is 1. The summed E-state index contributed by atoms with van der Waals surface area (Å²) in [5, 5.41) is 0. The first-order chi connectivity index (χ1) is 12.2. The van der Waals surface area contributed by atoms with Gasteiger partial charge in [0.1, 0.15) is 5.60 Å². The molecule has 1 fully saturated rings. The van der Waals surface area contributed by atoms with Crippen LogP contribution >= 0.6 is 0 Å². The number of nitrogens with zero attached hydrogens (tertiary/aromatic N) is 3. The second-order valence-corrected chi connectivity index (χ2v) is 7.15. The highest BCUT2D eigenvalue weighted by atomic mass is 16.6. The maximum Gasteiger partial charge on any atom is 0.320 e. The molecule has 0 radical (unpaired) electrons. The largest absolute Gasteiger partial charge is 0.481 e. The van der Waals surface area contributed by atoms with Gasteiger partial charge in [-0.2, -0.15) is 0 Å². The smallest absolute Gasteiger partial charge is 0.320 e. The van der Waals surface area contributed by atoms with Crippen molar-refractivity contribution in [3.05, 3.63) is 36.5 Å². The van der Waals surface area contributed by atoms with Gasteiger partial charge in [-0.15, -0.1) is 6.58 Å². The van der Waals surface area contributed by atoms with Gasteiger partial charge in [0.05, 0.1) is 19.6 Å². The van der Waals surface area contributed by atoms with Gasteiger partial charge in [-0.25, -0.2) is 9.78 Å². The van der Waals surface area contributed by atoms with Crippen LogP contribution in [0, 0.1) is 0 Å². The van der Waals surface area contributed by atoms with Gasteiger partial charge in [0, 0.05) is 31.9 Å². The van der Waals surface area contributed by atoms with Gasteiger partial charge in [0.25, 0.3) is 0 Å². The standard InChI is InChI=1S/C19H27N3O4/c1-6-9-21-10-11-22(18(21)24)15(12-17(23)26-19(2,3)4)14-7-8-16(25-5)20-13-14/h6-8,13,15H,1,9-12H2,2-5H3. The molecule has 0 aliphatic carbocycles. The maximum absolute atomic E-state index is 12.7. The fraction of sp³-hybridized carbons (Fsp3) is 0.526. The molecular formula is C19H27N3O4. The van der Waals surface area contributed by atoms with Gasteiger partial charge in [0.2, 0.25) is 5.88 Å². The van der Waals surface area contributed by atoms with E-state index in [-0.39, 0.29) is 18.4 Å². The van der Waals surface area contributed by atoms with Gasteiger partial charge >= 0.3 is 12.0 Å². The van der Waals surface area contributed by atoms with Crippen LogP contribution in [0.15, 0.2) is 31.0 Å². The number of rotatable bonds is 7. The first-order valence-electron chi connectivity index (χ1n) is 8.63. The predicted molar refractivity (Wildman–Crippen MR) is 97.9 cm³/mol. The Morgan fingerprint density at radius 3 is 2.65 bits per heavy atom. The van der Waals surface area contributed by atoms with E-state index in [1.807, 2.05) is 26.8 Å². The molecule has 0 bridgehead atoms. The van der Waals surface area contributed by atoms with Gasteiger partial charge in [-0.1, -0.05) is 12.1 Å². The summed E-state index contributed by atoms with van der Waals surface area (Å²) in [6.07, 6.45) is 3.40. The van der Waals surface area contributed by atoms with E-state index in [0.29, 0.717) is 25.5 Å². The molecule has 7 nitrogen and oxygen atoms in total. The second-order valence-electron chi connectivity index (χ2n) is 7.15. The molecule has 1 unspecified atom stereocenters. The number of ether oxygens (including phenoxy) is 2. The number of hydrogen-bond donors (Lipinski definition) is 0. The van der Waals surface area contributed by atoms with E-state index in [0.717, 1.165) is 5.56 Å². The van der Waals surface area contributed by atoms with Crippen LogP contribution < -0.4 is 4.74 Å². The normalized spacial score (nSPS) is 15.8. The Hall–Kier alpha value is -2.57. The van der Waals surface area contributed by atoms with Crippen molar-refractivity contribution in [1.29, 1.82) is 0 Å². The van der Waals surface area contributed by atoms with Crippen molar-refractivity contribution in [3.63, 3.8) is 0 Å². The minimum atomic E-state index is -0.580. The number of methoxy groups -OCH3 is 1. The lowest BCUT2D eigenvalue weighted by molar-refractivity contribution is -0.156. The van der Waals surface area contributed by atoms with E-state index in [9.17, 15) is 9.59 Å². The number of urea groups is 1. The maximum atomic E-state index is 12.7. The molecule has 1 aliphatic heterocycles. The minimum Gasteiger partial charge on any atom is -0.481 e. The number of amides is 2. The summed E-state index contributed by atoms with van der Waals surface area (Å²) >= 11 is 0. The lowest BCUT2D eigenvalue weighted by Crippen LogP contribution is -2.36. The zero-order valence-electron chi connectivity index (χ0n) is 15.9. The molecule has 2 rings (SSSR count). The molecule has 1 aliphatic rings. The summed E-state index contributed by atoms with van der Waals surface area (Å²) < 4.78 is 10.5. The molecular weight excluding hydrogens is 334 g/mol. The summed E-state index contributed by atoms with van der Waals surface area (Å²) in [5.74, 6) is 0.124. The van der Waals surface area contributed by atoms with Crippen molar-refractivity contribution >= 4 is 12.0 Å². The molecule has 0 saturated carbocycles. The topological polar surface area (TPSA) is 72.0 Å². The summed E-state index contributed by atoms with van der Waals surface area (Å²) in [6.45, 7) is 10.8. The van der Waals surface area contributed by atoms with Crippen LogP contribution in [0.5, 0.6) is 5.88 Å². The van der Waals surface area contributed by atoms with Gasteiger partial charge < -0.3 is 19.3 Å². The first kappa shape index (κ1) is 19.8. The van der Waals surface area contributed by atoms with Crippen molar-refractivity contribution in [1.82, 2.24) is 14.8 Å². The molecule has 142 valence electrons. The fourth-order valence-electron chi connectivity index (χ4n) is 2.87. The highest BCUT2D eigenvalue weighted by Gasteiger charge is 2.36. The molecule has 1 atom stereocenters. The zero-order chi connectivity index (χ0) is 19.3. The van der Waals surface area contributed by atoms with Crippen LogP contribution in [0.25, 0.3) is 0 Å². The Morgan fingerprint density at radius 1 is 1.38 bits per heavy atom. The van der Waals surface area contributed by atoms with E-state index >= 15 is 0 Å². The first-order valence-corrected chi connectivity index (χ1v) is 8.63. The van der Waals surface area contributed by atoms with Gasteiger partial charge in [-0.05, 0) is 26.3 Å². The Morgan fingerprint density at radius 2 is 2.12 bits per heavy atom. The van der Waals surface area contributed by atoms with Crippen molar-refractivity contribution in [2.45, 2.75) is 38.8 Å². The summed E-state index contributed by atoms with van der Waals surface area (Å²) in [6, 6.07) is 2.99. The van der Waals surface area contributed by atoms with Crippen LogP contribution in [-0.2, 0) is 9.53 Å². The number of carbonyl (C=O) groups is 2. The third-order valence-corrected chi connectivity index (χ3v) is 3.99. The number of aromatic nitrogens is 1. The summed E-state index contributed by atoms with van der Waals surface area (Å²) in [5.41, 5.74) is 0.189. The third-order valence-electron chi connectivity index (χ3n) is 3.99. The summed E-state index contributed by atoms with van der Waals surface area (Å²) in [7, 11) is 1.54. The van der Waals surface area contributed by atoms with Crippen LogP contribution in [0.1, 0.15) is 38.8 Å². The minimum absolute atomic E-state index is 0.0684. The van der Waals surface area contributed by atoms with E-state index in [4.69, 9.17) is 9.47 Å². The lowest BCUT2D eigenvalue weighted by atomic mass is 10.0. The van der Waals surface area contributed by atoms with E-state index in [1.165, 1.54) is 7.11 Å². The quantitative estimate of drug-likeness (QED) is 0.552. The van der Waals surface area contributed by atoms with E-state index in [1.54, 1.807) is 28.1 Å². The molecule has 0 N–H and O–H groups in total. The van der Waals surface area contributed by atoms with Crippen molar-refractivity contribution < 1.29 is 19.1 Å². The van der Waals surface area contributed by atoms with Crippen molar-refractivity contribution in [3.8, 4) is 5.88 Å². The SMILES string of the molecule is C=CCN1CCN(C(CC(=O)OC(C)(C)C)c2ccc(OC)nc2)C1=O. The molecule has 1 aromatic heterocycles. The number of carbonyl (C=O) groups excluding carboxylic acids is 2.